The third kappa shape index (κ3) is 5.76. The molecule has 0 fully saturated rings. The van der Waals surface area contributed by atoms with Gasteiger partial charge >= 0.3 is 0 Å². The van der Waals surface area contributed by atoms with Crippen molar-refractivity contribution in [1.82, 2.24) is 10.2 Å². The predicted octanol–water partition coefficient (Wildman–Crippen LogP) is 1.89. The molecule has 0 radical (unpaired) electrons. The van der Waals surface area contributed by atoms with Crippen LogP contribution in [0.3, 0.4) is 0 Å². The van der Waals surface area contributed by atoms with Gasteiger partial charge < -0.3 is 10.2 Å². The molecule has 2 amide bonds. The van der Waals surface area contributed by atoms with Crippen LogP contribution in [0.2, 0.25) is 0 Å². The van der Waals surface area contributed by atoms with E-state index in [1.165, 1.54) is 44.3 Å². The molecule has 2 aromatic carbocycles. The maximum Gasteiger partial charge on any atom is 0.244 e. The van der Waals surface area contributed by atoms with Gasteiger partial charge in [0.1, 0.15) is 24.2 Å². The highest BCUT2D eigenvalue weighted by Gasteiger charge is 2.30. The van der Waals surface area contributed by atoms with E-state index in [9.17, 15) is 26.8 Å². The molecule has 0 aliphatic carbocycles. The molecular weight excluding hydrogens is 416 g/mol. The molecule has 0 saturated heterocycles. The summed E-state index contributed by atoms with van der Waals surface area (Å²) in [6.07, 6.45) is 0.884. The average Bonchev–Trinajstić information content (AvgIpc) is 2.69. The quantitative estimate of drug-likeness (QED) is 0.681. The Morgan fingerprint density at radius 1 is 1.10 bits per heavy atom. The van der Waals surface area contributed by atoms with Gasteiger partial charge in [-0.1, -0.05) is 24.3 Å². The fraction of sp³-hybridized carbons (Fsp3) is 0.300. The van der Waals surface area contributed by atoms with E-state index >= 15 is 0 Å². The summed E-state index contributed by atoms with van der Waals surface area (Å²) in [6.45, 7) is 0.517. The number of halogens is 2. The Morgan fingerprint density at radius 2 is 1.77 bits per heavy atom. The Kier molecular flexibility index (Phi) is 7.49. The van der Waals surface area contributed by atoms with Crippen molar-refractivity contribution in [1.29, 1.82) is 0 Å². The fourth-order valence-corrected chi connectivity index (χ4v) is 3.69. The second kappa shape index (κ2) is 9.66. The van der Waals surface area contributed by atoms with Gasteiger partial charge in [0.25, 0.3) is 0 Å². The molecule has 0 unspecified atom stereocenters. The lowest BCUT2D eigenvalue weighted by Gasteiger charge is -2.31. The van der Waals surface area contributed by atoms with Crippen molar-refractivity contribution >= 4 is 27.5 Å². The van der Waals surface area contributed by atoms with Crippen molar-refractivity contribution in [2.75, 3.05) is 24.2 Å². The summed E-state index contributed by atoms with van der Waals surface area (Å²) in [5.41, 5.74) is 0.127. The number of nitrogens with one attached hydrogen (secondary N) is 1. The van der Waals surface area contributed by atoms with Crippen LogP contribution in [0.1, 0.15) is 12.5 Å². The van der Waals surface area contributed by atoms with Gasteiger partial charge in [-0.2, -0.15) is 0 Å². The lowest BCUT2D eigenvalue weighted by Crippen LogP contribution is -2.50. The monoisotopic (exact) mass is 439 g/mol. The Morgan fingerprint density at radius 3 is 2.33 bits per heavy atom. The van der Waals surface area contributed by atoms with Crippen LogP contribution in [0.4, 0.5) is 14.5 Å². The molecule has 0 saturated carbocycles. The normalized spacial score (nSPS) is 12.2. The largest absolute Gasteiger partial charge is 0.357 e. The number of likely N-dealkylation sites (N-methyl/N-ethyl adjacent to an activating group) is 1. The Bertz CT molecular complexity index is 1030. The van der Waals surface area contributed by atoms with E-state index < -0.39 is 46.1 Å². The van der Waals surface area contributed by atoms with Crippen LogP contribution in [-0.2, 0) is 26.2 Å². The van der Waals surface area contributed by atoms with Gasteiger partial charge in [0.2, 0.25) is 21.8 Å². The van der Waals surface area contributed by atoms with Crippen molar-refractivity contribution in [3.63, 3.8) is 0 Å². The van der Waals surface area contributed by atoms with Crippen molar-refractivity contribution in [3.05, 3.63) is 65.7 Å². The number of hydrogen-bond donors (Lipinski definition) is 1. The van der Waals surface area contributed by atoms with Crippen LogP contribution < -0.4 is 9.62 Å². The van der Waals surface area contributed by atoms with Gasteiger partial charge in [0.15, 0.2) is 0 Å². The number of nitrogens with zero attached hydrogens (tertiary/aromatic N) is 2. The number of amides is 2. The van der Waals surface area contributed by atoms with Gasteiger partial charge in [0, 0.05) is 19.2 Å². The minimum Gasteiger partial charge on any atom is -0.357 e. The number of carbonyl (C=O) groups is 2. The van der Waals surface area contributed by atoms with Gasteiger partial charge in [-0.05, 0) is 31.2 Å². The van der Waals surface area contributed by atoms with Crippen molar-refractivity contribution in [3.8, 4) is 0 Å². The summed E-state index contributed by atoms with van der Waals surface area (Å²) in [5, 5.41) is 2.42. The van der Waals surface area contributed by atoms with Crippen LogP contribution >= 0.6 is 0 Å². The number of carbonyl (C=O) groups excluding carboxylic acids is 2. The van der Waals surface area contributed by atoms with Crippen molar-refractivity contribution < 1.29 is 26.8 Å². The van der Waals surface area contributed by atoms with Gasteiger partial charge in [-0.3, -0.25) is 13.9 Å². The first-order valence-electron chi connectivity index (χ1n) is 9.02. The molecule has 30 heavy (non-hydrogen) atoms. The molecule has 10 heteroatoms. The van der Waals surface area contributed by atoms with Crippen LogP contribution in [0.25, 0.3) is 0 Å². The summed E-state index contributed by atoms with van der Waals surface area (Å²) < 4.78 is 53.0. The van der Waals surface area contributed by atoms with Crippen molar-refractivity contribution in [2.24, 2.45) is 0 Å². The summed E-state index contributed by atoms with van der Waals surface area (Å²) in [4.78, 5) is 26.3. The Hall–Kier alpha value is -3.01. The van der Waals surface area contributed by atoms with Crippen molar-refractivity contribution in [2.45, 2.75) is 19.5 Å². The molecule has 0 bridgehead atoms. The number of benzene rings is 2. The summed E-state index contributed by atoms with van der Waals surface area (Å²) in [5.74, 6) is -2.49. The van der Waals surface area contributed by atoms with E-state index in [1.807, 2.05) is 0 Å². The highest BCUT2D eigenvalue weighted by molar-refractivity contribution is 7.92. The summed E-state index contributed by atoms with van der Waals surface area (Å²) in [7, 11) is -2.56. The number of sulfonamides is 1. The smallest absolute Gasteiger partial charge is 0.244 e. The Labute approximate surface area is 174 Å². The molecule has 0 heterocycles. The first-order valence-corrected chi connectivity index (χ1v) is 10.9. The predicted molar refractivity (Wildman–Crippen MR) is 109 cm³/mol. The minimum absolute atomic E-state index is 0.0377. The first kappa shape index (κ1) is 23.3. The van der Waals surface area contributed by atoms with Crippen LogP contribution in [0.15, 0.2) is 48.5 Å². The summed E-state index contributed by atoms with van der Waals surface area (Å²) in [6, 6.07) is 9.55. The second-order valence-electron chi connectivity index (χ2n) is 6.65. The fourth-order valence-electron chi connectivity index (χ4n) is 2.85. The lowest BCUT2D eigenvalue weighted by atomic mass is 10.1. The van der Waals surface area contributed by atoms with Crippen LogP contribution in [0.5, 0.6) is 0 Å². The third-order valence-corrected chi connectivity index (χ3v) is 5.63. The van der Waals surface area contributed by atoms with E-state index in [0.717, 1.165) is 27.6 Å². The third-order valence-electron chi connectivity index (χ3n) is 4.49. The molecular formula is C20H23F2N3O4S. The van der Waals surface area contributed by atoms with Crippen LogP contribution in [-0.4, -0.2) is 51.0 Å². The molecule has 7 nitrogen and oxygen atoms in total. The summed E-state index contributed by atoms with van der Waals surface area (Å²) >= 11 is 0. The number of hydrogen-bond acceptors (Lipinski definition) is 4. The van der Waals surface area contributed by atoms with Gasteiger partial charge in [-0.25, -0.2) is 17.2 Å². The number of rotatable bonds is 8. The molecule has 2 aromatic rings. The topological polar surface area (TPSA) is 86.8 Å². The molecule has 0 aliphatic rings. The number of anilines is 1. The molecule has 162 valence electrons. The zero-order chi connectivity index (χ0) is 22.5. The zero-order valence-corrected chi connectivity index (χ0v) is 17.6. The average molecular weight is 439 g/mol. The van der Waals surface area contributed by atoms with E-state index in [0.29, 0.717) is 0 Å². The standard InChI is InChI=1S/C20H23F2N3O4S/c1-14(20(27)23-2)24(12-15-7-4-5-10-18(15)22)19(26)13-25(30(3,28)29)17-9-6-8-16(21)11-17/h4-11,14H,12-13H2,1-3H3,(H,23,27)/t14-/m0/s1. The van der Waals surface area contributed by atoms with E-state index in [4.69, 9.17) is 0 Å². The molecule has 0 aromatic heterocycles. The minimum atomic E-state index is -3.95. The second-order valence-corrected chi connectivity index (χ2v) is 8.56. The maximum absolute atomic E-state index is 14.1. The van der Waals surface area contributed by atoms with E-state index in [2.05, 4.69) is 5.32 Å². The maximum atomic E-state index is 14.1. The van der Waals surface area contributed by atoms with Gasteiger partial charge in [0.05, 0.1) is 11.9 Å². The first-order chi connectivity index (χ1) is 14.0. The molecule has 0 aliphatic heterocycles. The SMILES string of the molecule is CNC(=O)[C@H](C)N(Cc1ccccc1F)C(=O)CN(c1cccc(F)c1)S(C)(=O)=O. The molecule has 2 rings (SSSR count). The molecule has 0 spiro atoms. The highest BCUT2D eigenvalue weighted by atomic mass is 32.2. The Balaban J connectivity index is 2.40. The van der Waals surface area contributed by atoms with Gasteiger partial charge in [-0.15, -0.1) is 0 Å². The van der Waals surface area contributed by atoms with E-state index in [-0.39, 0.29) is 17.8 Å². The lowest BCUT2D eigenvalue weighted by molar-refractivity contribution is -0.139. The van der Waals surface area contributed by atoms with E-state index in [1.54, 1.807) is 6.07 Å². The zero-order valence-electron chi connectivity index (χ0n) is 16.8. The molecule has 1 atom stereocenters. The van der Waals surface area contributed by atoms with Crippen LogP contribution in [0, 0.1) is 11.6 Å². The highest BCUT2D eigenvalue weighted by Crippen LogP contribution is 2.20. The molecule has 1 N–H and O–H groups in total.